The number of hydrogen-bond donors (Lipinski definition) is 1. The number of hydrogen-bond acceptors (Lipinski definition) is 5. The topological polar surface area (TPSA) is 69.0 Å². The normalized spacial score (nSPS) is 18.0. The van der Waals surface area contributed by atoms with Crippen molar-refractivity contribution in [2.45, 2.75) is 25.4 Å². The summed E-state index contributed by atoms with van der Waals surface area (Å²) in [5.74, 6) is 0.827. The Bertz CT molecular complexity index is 616. The van der Waals surface area contributed by atoms with Crippen LogP contribution in [0.3, 0.4) is 0 Å². The van der Waals surface area contributed by atoms with E-state index in [1.807, 2.05) is 19.2 Å². The lowest BCUT2D eigenvalue weighted by atomic mass is 10.2. The predicted molar refractivity (Wildman–Crippen MR) is 79.3 cm³/mol. The Kier molecular flexibility index (Phi) is 4.31. The minimum absolute atomic E-state index is 0.0357. The molecule has 1 aliphatic rings. The van der Waals surface area contributed by atoms with Gasteiger partial charge in [0.2, 0.25) is 0 Å². The van der Waals surface area contributed by atoms with E-state index < -0.39 is 0 Å². The molecule has 2 aromatic heterocycles. The Morgan fingerprint density at radius 3 is 3.19 bits per heavy atom. The molecule has 3 rings (SSSR count). The molecule has 1 N–H and O–H groups in total. The van der Waals surface area contributed by atoms with E-state index in [2.05, 4.69) is 15.4 Å². The maximum atomic E-state index is 12.1. The quantitative estimate of drug-likeness (QED) is 0.913. The number of nitrogens with one attached hydrogen (secondary N) is 1. The molecule has 6 nitrogen and oxygen atoms in total. The molecule has 0 aromatic carbocycles. The molecule has 1 fully saturated rings. The molecule has 0 unspecified atom stereocenters. The summed E-state index contributed by atoms with van der Waals surface area (Å²) in [6.45, 7) is 1.38. The van der Waals surface area contributed by atoms with Crippen molar-refractivity contribution < 1.29 is 9.53 Å². The van der Waals surface area contributed by atoms with Crippen LogP contribution in [0.5, 0.6) is 0 Å². The second-order valence-electron chi connectivity index (χ2n) is 5.01. The third-order valence-electron chi connectivity index (χ3n) is 3.54. The van der Waals surface area contributed by atoms with E-state index in [4.69, 9.17) is 4.74 Å². The first-order chi connectivity index (χ1) is 10.2. The molecule has 112 valence electrons. The summed E-state index contributed by atoms with van der Waals surface area (Å²) in [6.07, 6.45) is 4.52. The van der Waals surface area contributed by atoms with Gasteiger partial charge in [0.1, 0.15) is 12.2 Å². The molecule has 0 spiro atoms. The zero-order valence-electron chi connectivity index (χ0n) is 11.9. The van der Waals surface area contributed by atoms with Crippen molar-refractivity contribution in [2.24, 2.45) is 7.05 Å². The number of thiophene rings is 1. The lowest BCUT2D eigenvalue weighted by molar-refractivity contribution is 0.0958. The highest BCUT2D eigenvalue weighted by Crippen LogP contribution is 2.33. The van der Waals surface area contributed by atoms with Gasteiger partial charge in [-0.15, -0.1) is 11.3 Å². The van der Waals surface area contributed by atoms with Crippen molar-refractivity contribution in [1.82, 2.24) is 20.1 Å². The van der Waals surface area contributed by atoms with E-state index in [0.29, 0.717) is 13.0 Å². The molecule has 2 aromatic rings. The van der Waals surface area contributed by atoms with Gasteiger partial charge < -0.3 is 10.1 Å². The van der Waals surface area contributed by atoms with E-state index in [0.717, 1.165) is 35.0 Å². The summed E-state index contributed by atoms with van der Waals surface area (Å²) in [5.41, 5.74) is 0. The molecule has 1 amide bonds. The molecule has 1 saturated heterocycles. The minimum atomic E-state index is -0.0357. The van der Waals surface area contributed by atoms with Gasteiger partial charge in [0, 0.05) is 31.5 Å². The lowest BCUT2D eigenvalue weighted by Crippen LogP contribution is -2.25. The molecule has 21 heavy (non-hydrogen) atoms. The van der Waals surface area contributed by atoms with Crippen LogP contribution in [0, 0.1) is 0 Å². The molecule has 1 atom stereocenters. The standard InChI is InChI=1S/C14H18N4O2S/c1-18-13(16-9-17-18)6-7-15-14(19)12-5-4-11(21-12)10-3-2-8-20-10/h4-5,9-10H,2-3,6-8H2,1H3,(H,15,19)/t10-/m0/s1. The van der Waals surface area contributed by atoms with Crippen LogP contribution in [0.2, 0.25) is 0 Å². The highest BCUT2D eigenvalue weighted by molar-refractivity contribution is 7.14. The van der Waals surface area contributed by atoms with Crippen LogP contribution in [0.4, 0.5) is 0 Å². The summed E-state index contributed by atoms with van der Waals surface area (Å²) >= 11 is 1.52. The molecular weight excluding hydrogens is 288 g/mol. The Morgan fingerprint density at radius 1 is 1.57 bits per heavy atom. The van der Waals surface area contributed by atoms with E-state index in [1.165, 1.54) is 17.7 Å². The number of ether oxygens (including phenoxy) is 1. The van der Waals surface area contributed by atoms with Crippen molar-refractivity contribution in [3.05, 3.63) is 34.0 Å². The van der Waals surface area contributed by atoms with E-state index in [9.17, 15) is 4.79 Å². The average molecular weight is 306 g/mol. The van der Waals surface area contributed by atoms with Gasteiger partial charge in [-0.2, -0.15) is 5.10 Å². The first kappa shape index (κ1) is 14.2. The molecular formula is C14H18N4O2S. The summed E-state index contributed by atoms with van der Waals surface area (Å²) in [5, 5.41) is 6.92. The average Bonchev–Trinajstić information content (AvgIpc) is 3.19. The maximum Gasteiger partial charge on any atom is 0.261 e. The third-order valence-corrected chi connectivity index (χ3v) is 4.71. The van der Waals surface area contributed by atoms with Gasteiger partial charge in [-0.3, -0.25) is 9.48 Å². The zero-order chi connectivity index (χ0) is 14.7. The fourth-order valence-electron chi connectivity index (χ4n) is 2.37. The number of carbonyl (C=O) groups is 1. The number of nitrogens with zero attached hydrogens (tertiary/aromatic N) is 3. The van der Waals surface area contributed by atoms with Crippen molar-refractivity contribution in [3.8, 4) is 0 Å². The Morgan fingerprint density at radius 2 is 2.48 bits per heavy atom. The lowest BCUT2D eigenvalue weighted by Gasteiger charge is -2.05. The van der Waals surface area contributed by atoms with Crippen LogP contribution < -0.4 is 5.32 Å². The van der Waals surface area contributed by atoms with Gasteiger partial charge in [-0.25, -0.2) is 4.98 Å². The minimum Gasteiger partial charge on any atom is -0.373 e. The first-order valence-electron chi connectivity index (χ1n) is 7.06. The van der Waals surface area contributed by atoms with Gasteiger partial charge in [0.05, 0.1) is 11.0 Å². The van der Waals surface area contributed by atoms with E-state index >= 15 is 0 Å². The smallest absolute Gasteiger partial charge is 0.261 e. The van der Waals surface area contributed by atoms with Gasteiger partial charge in [0.25, 0.3) is 5.91 Å². The van der Waals surface area contributed by atoms with Crippen LogP contribution in [-0.4, -0.2) is 33.8 Å². The van der Waals surface area contributed by atoms with Crippen molar-refractivity contribution in [2.75, 3.05) is 13.2 Å². The van der Waals surface area contributed by atoms with Crippen LogP contribution in [0.15, 0.2) is 18.5 Å². The Balaban J connectivity index is 1.52. The SMILES string of the molecule is Cn1ncnc1CCNC(=O)c1ccc([C@@H]2CCCO2)s1. The van der Waals surface area contributed by atoms with Crippen molar-refractivity contribution >= 4 is 17.2 Å². The molecule has 0 bridgehead atoms. The third kappa shape index (κ3) is 3.30. The van der Waals surface area contributed by atoms with E-state index in [-0.39, 0.29) is 12.0 Å². The van der Waals surface area contributed by atoms with E-state index in [1.54, 1.807) is 4.68 Å². The fourth-order valence-corrected chi connectivity index (χ4v) is 3.38. The summed E-state index contributed by atoms with van der Waals surface area (Å²) in [6, 6.07) is 3.87. The fraction of sp³-hybridized carbons (Fsp3) is 0.500. The zero-order valence-corrected chi connectivity index (χ0v) is 12.7. The monoisotopic (exact) mass is 306 g/mol. The summed E-state index contributed by atoms with van der Waals surface area (Å²) < 4.78 is 7.35. The molecule has 1 aliphatic heterocycles. The van der Waals surface area contributed by atoms with Gasteiger partial charge in [-0.05, 0) is 25.0 Å². The molecule has 0 radical (unpaired) electrons. The summed E-state index contributed by atoms with van der Waals surface area (Å²) in [4.78, 5) is 18.1. The second kappa shape index (κ2) is 6.36. The van der Waals surface area contributed by atoms with Crippen LogP contribution in [-0.2, 0) is 18.2 Å². The van der Waals surface area contributed by atoms with Crippen molar-refractivity contribution in [3.63, 3.8) is 0 Å². The number of aryl methyl sites for hydroxylation is 1. The summed E-state index contributed by atoms with van der Waals surface area (Å²) in [7, 11) is 1.84. The maximum absolute atomic E-state index is 12.1. The molecule has 7 heteroatoms. The molecule has 0 saturated carbocycles. The van der Waals surface area contributed by atoms with Gasteiger partial charge in [-0.1, -0.05) is 0 Å². The highest BCUT2D eigenvalue weighted by atomic mass is 32.1. The predicted octanol–water partition coefficient (Wildman–Crippen LogP) is 1.70. The number of amides is 1. The molecule has 3 heterocycles. The molecule has 0 aliphatic carbocycles. The Hall–Kier alpha value is -1.73. The van der Waals surface area contributed by atoms with Crippen LogP contribution >= 0.6 is 11.3 Å². The van der Waals surface area contributed by atoms with Gasteiger partial charge in [0.15, 0.2) is 0 Å². The number of carbonyl (C=O) groups excluding carboxylic acids is 1. The van der Waals surface area contributed by atoms with Gasteiger partial charge >= 0.3 is 0 Å². The largest absolute Gasteiger partial charge is 0.373 e. The number of aromatic nitrogens is 3. The highest BCUT2D eigenvalue weighted by Gasteiger charge is 2.20. The van der Waals surface area contributed by atoms with Crippen LogP contribution in [0.25, 0.3) is 0 Å². The second-order valence-corrected chi connectivity index (χ2v) is 6.12. The first-order valence-corrected chi connectivity index (χ1v) is 7.88. The number of rotatable bonds is 5. The van der Waals surface area contributed by atoms with Crippen LogP contribution in [0.1, 0.15) is 39.3 Å². The van der Waals surface area contributed by atoms with Crippen molar-refractivity contribution in [1.29, 1.82) is 0 Å². The Labute approximate surface area is 127 Å².